The molecule has 0 aliphatic heterocycles. The number of benzene rings is 1. The Morgan fingerprint density at radius 3 is 2.62 bits per heavy atom. The molecule has 0 saturated heterocycles. The van der Waals surface area contributed by atoms with Crippen LogP contribution in [-0.2, 0) is 6.42 Å². The van der Waals surface area contributed by atoms with Gasteiger partial charge in [0.05, 0.1) is 7.11 Å². The van der Waals surface area contributed by atoms with Gasteiger partial charge in [0.1, 0.15) is 5.76 Å². The number of ether oxygens (including phenoxy) is 2. The van der Waals surface area contributed by atoms with Crippen molar-refractivity contribution < 1.29 is 23.8 Å². The van der Waals surface area contributed by atoms with Crippen LogP contribution in [0.3, 0.4) is 0 Å². The molecule has 5 heteroatoms. The molecule has 0 spiro atoms. The van der Waals surface area contributed by atoms with Gasteiger partial charge < -0.3 is 19.0 Å². The van der Waals surface area contributed by atoms with E-state index in [0.717, 1.165) is 12.0 Å². The molecule has 0 aliphatic rings. The fraction of sp³-hybridized carbons (Fsp3) is 0.312. The average Bonchev–Trinajstić information content (AvgIpc) is 2.97. The van der Waals surface area contributed by atoms with Gasteiger partial charge in [-0.1, -0.05) is 13.0 Å². The predicted molar refractivity (Wildman–Crippen MR) is 77.1 cm³/mol. The van der Waals surface area contributed by atoms with Crippen LogP contribution in [0.5, 0.6) is 11.5 Å². The Morgan fingerprint density at radius 1 is 1.29 bits per heavy atom. The molecule has 0 amide bonds. The zero-order chi connectivity index (χ0) is 15.4. The van der Waals surface area contributed by atoms with Gasteiger partial charge in [-0.15, -0.1) is 0 Å². The standard InChI is InChI=1S/C16H18O5/c1-4-11-5-6-13(15(9-11)19-3)20-10(2)12-7-8-14(21-12)16(17)18/h5-10H,4H2,1-3H3,(H,17,18). The normalized spacial score (nSPS) is 12.0. The van der Waals surface area contributed by atoms with E-state index < -0.39 is 12.1 Å². The Bertz CT molecular complexity index is 629. The molecule has 1 unspecified atom stereocenters. The summed E-state index contributed by atoms with van der Waals surface area (Å²) >= 11 is 0. The first kappa shape index (κ1) is 15.0. The molecular weight excluding hydrogens is 272 g/mol. The Balaban J connectivity index is 2.18. The lowest BCUT2D eigenvalue weighted by molar-refractivity contribution is 0.0655. The van der Waals surface area contributed by atoms with E-state index in [0.29, 0.717) is 17.3 Å². The lowest BCUT2D eigenvalue weighted by Gasteiger charge is -2.16. The second-order valence-corrected chi connectivity index (χ2v) is 4.61. The number of aryl methyl sites for hydroxylation is 1. The molecule has 1 heterocycles. The zero-order valence-electron chi connectivity index (χ0n) is 12.3. The van der Waals surface area contributed by atoms with E-state index in [4.69, 9.17) is 19.0 Å². The first-order valence-electron chi connectivity index (χ1n) is 6.71. The molecule has 112 valence electrons. The monoisotopic (exact) mass is 290 g/mol. The van der Waals surface area contributed by atoms with Crippen molar-refractivity contribution in [2.45, 2.75) is 26.4 Å². The summed E-state index contributed by atoms with van der Waals surface area (Å²) in [7, 11) is 1.59. The lowest BCUT2D eigenvalue weighted by Crippen LogP contribution is -2.03. The molecule has 5 nitrogen and oxygen atoms in total. The van der Waals surface area contributed by atoms with Crippen molar-refractivity contribution in [1.29, 1.82) is 0 Å². The summed E-state index contributed by atoms with van der Waals surface area (Å²) in [6, 6.07) is 8.74. The molecule has 1 aromatic heterocycles. The van der Waals surface area contributed by atoms with Crippen LogP contribution in [0, 0.1) is 0 Å². The number of hydrogen-bond acceptors (Lipinski definition) is 4. The minimum Gasteiger partial charge on any atom is -0.493 e. The highest BCUT2D eigenvalue weighted by molar-refractivity contribution is 5.84. The third-order valence-corrected chi connectivity index (χ3v) is 3.18. The molecule has 0 aliphatic carbocycles. The summed E-state index contributed by atoms with van der Waals surface area (Å²) in [5.41, 5.74) is 1.15. The summed E-state index contributed by atoms with van der Waals surface area (Å²) in [5, 5.41) is 8.85. The van der Waals surface area contributed by atoms with E-state index in [1.54, 1.807) is 20.1 Å². The number of carboxylic acid groups (broad SMARTS) is 1. The van der Waals surface area contributed by atoms with E-state index in [2.05, 4.69) is 6.92 Å². The number of aromatic carboxylic acids is 1. The highest BCUT2D eigenvalue weighted by atomic mass is 16.5. The Hall–Kier alpha value is -2.43. The van der Waals surface area contributed by atoms with Gasteiger partial charge >= 0.3 is 5.97 Å². The highest BCUT2D eigenvalue weighted by Crippen LogP contribution is 2.32. The molecule has 21 heavy (non-hydrogen) atoms. The van der Waals surface area contributed by atoms with Gasteiger partial charge in [0.15, 0.2) is 17.6 Å². The second-order valence-electron chi connectivity index (χ2n) is 4.61. The number of carboxylic acids is 1. The van der Waals surface area contributed by atoms with Crippen molar-refractivity contribution in [1.82, 2.24) is 0 Å². The smallest absolute Gasteiger partial charge is 0.371 e. The van der Waals surface area contributed by atoms with Crippen molar-refractivity contribution in [2.75, 3.05) is 7.11 Å². The lowest BCUT2D eigenvalue weighted by atomic mass is 10.1. The molecule has 1 aromatic carbocycles. The van der Waals surface area contributed by atoms with Gasteiger partial charge in [-0.2, -0.15) is 0 Å². The van der Waals surface area contributed by atoms with E-state index in [9.17, 15) is 4.79 Å². The molecule has 1 atom stereocenters. The third-order valence-electron chi connectivity index (χ3n) is 3.18. The zero-order valence-corrected chi connectivity index (χ0v) is 12.3. The van der Waals surface area contributed by atoms with E-state index in [1.807, 2.05) is 18.2 Å². The van der Waals surface area contributed by atoms with Crippen molar-refractivity contribution in [3.05, 3.63) is 47.4 Å². The largest absolute Gasteiger partial charge is 0.493 e. The van der Waals surface area contributed by atoms with Gasteiger partial charge in [-0.3, -0.25) is 0 Å². The average molecular weight is 290 g/mol. The molecule has 0 radical (unpaired) electrons. The molecular formula is C16H18O5. The maximum absolute atomic E-state index is 10.8. The van der Waals surface area contributed by atoms with Crippen molar-refractivity contribution >= 4 is 5.97 Å². The minimum atomic E-state index is -1.10. The van der Waals surface area contributed by atoms with Crippen molar-refractivity contribution in [3.63, 3.8) is 0 Å². The Morgan fingerprint density at radius 2 is 2.05 bits per heavy atom. The van der Waals surface area contributed by atoms with Gasteiger partial charge in [0.2, 0.25) is 5.76 Å². The fourth-order valence-corrected chi connectivity index (χ4v) is 1.96. The van der Waals surface area contributed by atoms with Crippen LogP contribution in [0.1, 0.15) is 41.8 Å². The van der Waals surface area contributed by atoms with E-state index in [1.165, 1.54) is 6.07 Å². The van der Waals surface area contributed by atoms with Crippen LogP contribution in [-0.4, -0.2) is 18.2 Å². The van der Waals surface area contributed by atoms with Crippen LogP contribution in [0.25, 0.3) is 0 Å². The van der Waals surface area contributed by atoms with Gasteiger partial charge in [0.25, 0.3) is 0 Å². The van der Waals surface area contributed by atoms with Crippen LogP contribution >= 0.6 is 0 Å². The van der Waals surface area contributed by atoms with Gasteiger partial charge in [-0.05, 0) is 43.2 Å². The number of carbonyl (C=O) groups is 1. The topological polar surface area (TPSA) is 68.9 Å². The number of rotatable bonds is 6. The molecule has 2 aromatic rings. The molecule has 0 saturated carbocycles. The molecule has 2 rings (SSSR count). The summed E-state index contributed by atoms with van der Waals surface area (Å²) in [6.45, 7) is 3.85. The van der Waals surface area contributed by atoms with Gasteiger partial charge in [-0.25, -0.2) is 4.79 Å². The first-order valence-corrected chi connectivity index (χ1v) is 6.71. The van der Waals surface area contributed by atoms with Gasteiger partial charge in [0, 0.05) is 0 Å². The molecule has 0 fully saturated rings. The fourth-order valence-electron chi connectivity index (χ4n) is 1.96. The van der Waals surface area contributed by atoms with Crippen LogP contribution in [0.2, 0.25) is 0 Å². The summed E-state index contributed by atoms with van der Waals surface area (Å²) in [6.07, 6.45) is 0.492. The van der Waals surface area contributed by atoms with Crippen LogP contribution < -0.4 is 9.47 Å². The van der Waals surface area contributed by atoms with E-state index in [-0.39, 0.29) is 5.76 Å². The second kappa shape index (κ2) is 6.35. The Labute approximate surface area is 123 Å². The van der Waals surface area contributed by atoms with Crippen LogP contribution in [0.4, 0.5) is 0 Å². The highest BCUT2D eigenvalue weighted by Gasteiger charge is 2.17. The SMILES string of the molecule is CCc1ccc(OC(C)c2ccc(C(=O)O)o2)c(OC)c1. The number of hydrogen-bond donors (Lipinski definition) is 1. The maximum Gasteiger partial charge on any atom is 0.371 e. The van der Waals surface area contributed by atoms with Crippen molar-refractivity contribution in [2.24, 2.45) is 0 Å². The van der Waals surface area contributed by atoms with Crippen molar-refractivity contribution in [3.8, 4) is 11.5 Å². The summed E-state index contributed by atoms with van der Waals surface area (Å²) in [4.78, 5) is 10.8. The summed E-state index contributed by atoms with van der Waals surface area (Å²) in [5.74, 6) is 0.489. The third kappa shape index (κ3) is 3.37. The molecule has 1 N–H and O–H groups in total. The number of methoxy groups -OCH3 is 1. The van der Waals surface area contributed by atoms with Crippen LogP contribution in [0.15, 0.2) is 34.7 Å². The quantitative estimate of drug-likeness (QED) is 0.878. The summed E-state index contributed by atoms with van der Waals surface area (Å²) < 4.78 is 16.4. The van der Waals surface area contributed by atoms with E-state index >= 15 is 0 Å². The maximum atomic E-state index is 10.8. The molecule has 0 bridgehead atoms. The minimum absolute atomic E-state index is 0.103. The Kier molecular flexibility index (Phi) is 4.52. The first-order chi connectivity index (χ1) is 10.0. The predicted octanol–water partition coefficient (Wildman–Crippen LogP) is 3.69. The number of furan rings is 1.